The summed E-state index contributed by atoms with van der Waals surface area (Å²) >= 11 is 0. The molecule has 15 N–H and O–H groups in total. The van der Waals surface area contributed by atoms with Crippen molar-refractivity contribution in [1.82, 2.24) is 16.0 Å². The first-order valence-corrected chi connectivity index (χ1v) is 12.4. The molecule has 0 radical (unpaired) electrons. The monoisotopic (exact) mass is 559 g/mol. The second kappa shape index (κ2) is 19.1. The molecule has 222 valence electrons. The molecule has 0 rings (SSSR count). The molecule has 4 unspecified atom stereocenters. The van der Waals surface area contributed by atoms with Crippen LogP contribution >= 0.6 is 0 Å². The molecule has 4 amide bonds. The van der Waals surface area contributed by atoms with Crippen LogP contribution in [0.4, 0.5) is 0 Å². The second-order valence-electron chi connectivity index (χ2n) is 8.80. The fourth-order valence-electron chi connectivity index (χ4n) is 3.32. The van der Waals surface area contributed by atoms with Crippen molar-refractivity contribution in [2.45, 2.75) is 82.0 Å². The van der Waals surface area contributed by atoms with Crippen LogP contribution < -0.4 is 44.6 Å². The first kappa shape index (κ1) is 35.0. The largest absolute Gasteiger partial charge is 0.481 e. The van der Waals surface area contributed by atoms with Gasteiger partial charge in [-0.25, -0.2) is 4.79 Å². The van der Waals surface area contributed by atoms with Crippen LogP contribution in [0.15, 0.2) is 4.99 Å². The summed E-state index contributed by atoms with van der Waals surface area (Å²) in [5.41, 5.74) is 26.9. The summed E-state index contributed by atoms with van der Waals surface area (Å²) in [4.78, 5) is 76.1. The van der Waals surface area contributed by atoms with Crippen molar-refractivity contribution < 1.29 is 39.0 Å². The molecule has 0 heterocycles. The average molecular weight is 560 g/mol. The van der Waals surface area contributed by atoms with Gasteiger partial charge in [0.2, 0.25) is 23.6 Å². The first-order chi connectivity index (χ1) is 18.3. The number of carbonyl (C=O) groups excluding carboxylic acids is 4. The van der Waals surface area contributed by atoms with Gasteiger partial charge in [0, 0.05) is 19.4 Å². The summed E-state index contributed by atoms with van der Waals surface area (Å²) in [7, 11) is 0. The Morgan fingerprint density at radius 2 is 1.23 bits per heavy atom. The fourth-order valence-corrected chi connectivity index (χ4v) is 3.32. The van der Waals surface area contributed by atoms with E-state index in [9.17, 15) is 33.9 Å². The predicted octanol–water partition coefficient (Wildman–Crippen LogP) is -3.83. The highest BCUT2D eigenvalue weighted by Crippen LogP contribution is 2.06. The SMILES string of the molecule is NCCCCC(N)C(=O)NC(CCC(=O)O)C(=O)NC(CCC(N)=O)C(=O)NC(CCCN=C(N)N)C(=O)O. The number of aliphatic imine (C=N–C) groups is 1. The fraction of sp³-hybridized carbons (Fsp3) is 0.682. The zero-order valence-corrected chi connectivity index (χ0v) is 21.8. The lowest BCUT2D eigenvalue weighted by molar-refractivity contribution is -0.142. The zero-order chi connectivity index (χ0) is 30.0. The van der Waals surface area contributed by atoms with Crippen molar-refractivity contribution in [3.63, 3.8) is 0 Å². The molecule has 0 fully saturated rings. The Morgan fingerprint density at radius 3 is 1.72 bits per heavy atom. The lowest BCUT2D eigenvalue weighted by Crippen LogP contribution is -2.57. The minimum atomic E-state index is -1.42. The molecule has 0 aromatic heterocycles. The zero-order valence-electron chi connectivity index (χ0n) is 21.8. The molecule has 0 aromatic rings. The number of aliphatic carboxylic acids is 2. The minimum absolute atomic E-state index is 0.0479. The van der Waals surface area contributed by atoms with Gasteiger partial charge in [-0.3, -0.25) is 29.0 Å². The van der Waals surface area contributed by atoms with Crippen molar-refractivity contribution in [3.8, 4) is 0 Å². The Morgan fingerprint density at radius 1 is 0.692 bits per heavy atom. The van der Waals surface area contributed by atoms with Crippen LogP contribution in [0, 0.1) is 0 Å². The highest BCUT2D eigenvalue weighted by molar-refractivity contribution is 5.94. The number of hydrogen-bond donors (Lipinski definition) is 10. The number of rotatable bonds is 21. The van der Waals surface area contributed by atoms with Crippen LogP contribution in [0.2, 0.25) is 0 Å². The number of nitrogens with two attached hydrogens (primary N) is 5. The Labute approximate surface area is 225 Å². The molecule has 17 heteroatoms. The number of carboxylic acids is 2. The van der Waals surface area contributed by atoms with E-state index in [2.05, 4.69) is 20.9 Å². The van der Waals surface area contributed by atoms with Gasteiger partial charge < -0.3 is 54.8 Å². The number of nitrogens with zero attached hydrogens (tertiary/aromatic N) is 1. The first-order valence-electron chi connectivity index (χ1n) is 12.4. The summed E-state index contributed by atoms with van der Waals surface area (Å²) in [6.45, 7) is 0.523. The van der Waals surface area contributed by atoms with Gasteiger partial charge in [-0.2, -0.15) is 0 Å². The predicted molar refractivity (Wildman–Crippen MR) is 140 cm³/mol. The molecule has 0 bridgehead atoms. The Kier molecular flexibility index (Phi) is 17.2. The van der Waals surface area contributed by atoms with E-state index in [1.807, 2.05) is 0 Å². The third-order valence-corrected chi connectivity index (χ3v) is 5.46. The summed E-state index contributed by atoms with van der Waals surface area (Å²) in [5, 5.41) is 25.5. The maximum absolute atomic E-state index is 13.0. The van der Waals surface area contributed by atoms with Crippen LogP contribution in [0.25, 0.3) is 0 Å². The van der Waals surface area contributed by atoms with Crippen molar-refractivity contribution in [2.75, 3.05) is 13.1 Å². The molecular weight excluding hydrogens is 518 g/mol. The number of carbonyl (C=O) groups is 6. The van der Waals surface area contributed by atoms with Crippen molar-refractivity contribution in [3.05, 3.63) is 0 Å². The summed E-state index contributed by atoms with van der Waals surface area (Å²) in [5.74, 6) is -6.12. The van der Waals surface area contributed by atoms with Gasteiger partial charge in [-0.05, 0) is 45.1 Å². The third-order valence-electron chi connectivity index (χ3n) is 5.46. The molecule has 0 aliphatic rings. The molecule has 17 nitrogen and oxygen atoms in total. The molecule has 0 saturated heterocycles. The Balaban J connectivity index is 5.57. The van der Waals surface area contributed by atoms with Crippen LogP contribution in [0.5, 0.6) is 0 Å². The Hall–Kier alpha value is -3.99. The quantitative estimate of drug-likeness (QED) is 0.0367. The maximum Gasteiger partial charge on any atom is 0.326 e. The smallest absolute Gasteiger partial charge is 0.326 e. The van der Waals surface area contributed by atoms with Gasteiger partial charge in [0.15, 0.2) is 5.96 Å². The van der Waals surface area contributed by atoms with Crippen molar-refractivity contribution >= 4 is 41.5 Å². The molecule has 0 saturated carbocycles. The van der Waals surface area contributed by atoms with E-state index < -0.39 is 66.2 Å². The molecule has 0 aliphatic heterocycles. The van der Waals surface area contributed by atoms with Crippen LogP contribution in [-0.2, 0) is 28.8 Å². The van der Waals surface area contributed by atoms with E-state index in [1.54, 1.807) is 0 Å². The van der Waals surface area contributed by atoms with E-state index in [-0.39, 0.29) is 51.0 Å². The van der Waals surface area contributed by atoms with Crippen LogP contribution in [0.1, 0.15) is 57.8 Å². The number of carboxylic acid groups (broad SMARTS) is 2. The van der Waals surface area contributed by atoms with E-state index in [0.717, 1.165) is 0 Å². The second-order valence-corrected chi connectivity index (χ2v) is 8.80. The standard InChI is InChI=1S/C22H41N9O8/c23-10-2-1-4-12(24)18(35)29-14(7-9-17(33)34)19(36)30-13(6-8-16(25)32)20(37)31-15(21(38)39)5-3-11-28-22(26)27/h12-15H,1-11,23-24H2,(H2,25,32)(H,29,35)(H,30,36)(H,31,37)(H,33,34)(H,38,39)(H4,26,27,28). The molecular formula is C22H41N9O8. The van der Waals surface area contributed by atoms with E-state index in [0.29, 0.717) is 19.4 Å². The highest BCUT2D eigenvalue weighted by Gasteiger charge is 2.30. The minimum Gasteiger partial charge on any atom is -0.481 e. The van der Waals surface area contributed by atoms with E-state index in [4.69, 9.17) is 33.8 Å². The van der Waals surface area contributed by atoms with E-state index >= 15 is 0 Å². The number of primary amides is 1. The van der Waals surface area contributed by atoms with Gasteiger partial charge in [-0.15, -0.1) is 0 Å². The number of guanidine groups is 1. The van der Waals surface area contributed by atoms with Gasteiger partial charge in [0.05, 0.1) is 6.04 Å². The van der Waals surface area contributed by atoms with Crippen LogP contribution in [-0.4, -0.2) is 89.0 Å². The average Bonchev–Trinajstić information content (AvgIpc) is 2.85. The molecule has 4 atom stereocenters. The Bertz CT molecular complexity index is 880. The van der Waals surface area contributed by atoms with Gasteiger partial charge in [-0.1, -0.05) is 6.42 Å². The molecule has 39 heavy (non-hydrogen) atoms. The number of hydrogen-bond acceptors (Lipinski definition) is 9. The van der Waals surface area contributed by atoms with Gasteiger partial charge in [0.25, 0.3) is 0 Å². The molecule has 0 spiro atoms. The normalized spacial score (nSPS) is 13.7. The summed E-state index contributed by atoms with van der Waals surface area (Å²) in [6, 6.07) is -5.16. The topological polar surface area (TPSA) is 321 Å². The summed E-state index contributed by atoms with van der Waals surface area (Å²) in [6.07, 6.45) is 0.195. The van der Waals surface area contributed by atoms with Crippen molar-refractivity contribution in [2.24, 2.45) is 33.7 Å². The summed E-state index contributed by atoms with van der Waals surface area (Å²) < 4.78 is 0. The number of nitrogens with one attached hydrogen (secondary N) is 3. The van der Waals surface area contributed by atoms with Crippen molar-refractivity contribution in [1.29, 1.82) is 0 Å². The maximum atomic E-state index is 13.0. The highest BCUT2D eigenvalue weighted by atomic mass is 16.4. The van der Waals surface area contributed by atoms with E-state index in [1.165, 1.54) is 0 Å². The van der Waals surface area contributed by atoms with Crippen LogP contribution in [0.3, 0.4) is 0 Å². The lowest BCUT2D eigenvalue weighted by Gasteiger charge is -2.25. The number of amides is 4. The molecule has 0 aliphatic carbocycles. The lowest BCUT2D eigenvalue weighted by atomic mass is 10.0. The van der Waals surface area contributed by atoms with Gasteiger partial charge >= 0.3 is 11.9 Å². The third kappa shape index (κ3) is 16.5. The number of unbranched alkanes of at least 4 members (excludes halogenated alkanes) is 1. The van der Waals surface area contributed by atoms with Gasteiger partial charge in [0.1, 0.15) is 18.1 Å². The molecule has 0 aromatic carbocycles.